The van der Waals surface area contributed by atoms with Crippen LogP contribution in [0.1, 0.15) is 52.4 Å². The first-order valence-corrected chi connectivity index (χ1v) is 9.59. The van der Waals surface area contributed by atoms with Crippen LogP contribution in [0, 0.1) is 5.41 Å². The van der Waals surface area contributed by atoms with Crippen LogP contribution in [0.15, 0.2) is 24.4 Å². The molecule has 0 aliphatic heterocycles. The summed E-state index contributed by atoms with van der Waals surface area (Å²) in [6.45, 7) is 4.39. The quantitative estimate of drug-likeness (QED) is 0.792. The predicted octanol–water partition coefficient (Wildman–Crippen LogP) is 4.93. The van der Waals surface area contributed by atoms with E-state index in [-0.39, 0.29) is 17.6 Å². The van der Waals surface area contributed by atoms with E-state index in [0.29, 0.717) is 10.8 Å². The molecular formula is C20H28ClN3O. The first-order chi connectivity index (χ1) is 11.9. The Morgan fingerprint density at radius 3 is 2.72 bits per heavy atom. The molecule has 1 fully saturated rings. The molecule has 1 aromatic carbocycles. The van der Waals surface area contributed by atoms with Crippen molar-refractivity contribution in [2.24, 2.45) is 11.1 Å². The Labute approximate surface area is 154 Å². The minimum atomic E-state index is 0.192. The minimum absolute atomic E-state index is 0.192. The molecule has 0 radical (unpaired) electrons. The Morgan fingerprint density at radius 2 is 2.08 bits per heavy atom. The number of aromatic nitrogens is 1. The molecule has 0 amide bonds. The molecule has 1 aromatic heterocycles. The fourth-order valence-corrected chi connectivity index (χ4v) is 4.39. The summed E-state index contributed by atoms with van der Waals surface area (Å²) in [6.07, 6.45) is 8.55. The van der Waals surface area contributed by atoms with E-state index in [2.05, 4.69) is 18.8 Å². The van der Waals surface area contributed by atoms with E-state index in [9.17, 15) is 0 Å². The largest absolute Gasteiger partial charge is 0.489 e. The third kappa shape index (κ3) is 3.70. The number of benzene rings is 1. The average Bonchev–Trinajstić information content (AvgIpc) is 2.58. The van der Waals surface area contributed by atoms with Gasteiger partial charge in [0.15, 0.2) is 0 Å². The zero-order chi connectivity index (χ0) is 18.0. The maximum atomic E-state index is 6.42. The molecule has 0 spiro atoms. The van der Waals surface area contributed by atoms with Gasteiger partial charge in [0.25, 0.3) is 0 Å². The lowest BCUT2D eigenvalue weighted by Crippen LogP contribution is -2.44. The van der Waals surface area contributed by atoms with Crippen molar-refractivity contribution in [2.75, 3.05) is 5.73 Å². The van der Waals surface area contributed by atoms with Gasteiger partial charge in [-0.05, 0) is 68.0 Å². The van der Waals surface area contributed by atoms with Crippen LogP contribution in [0.25, 0.3) is 10.8 Å². The van der Waals surface area contributed by atoms with E-state index in [1.807, 2.05) is 18.2 Å². The molecule has 4 N–H and O–H groups in total. The minimum Gasteiger partial charge on any atom is -0.489 e. The van der Waals surface area contributed by atoms with Crippen molar-refractivity contribution in [3.63, 3.8) is 0 Å². The van der Waals surface area contributed by atoms with Gasteiger partial charge >= 0.3 is 0 Å². The Hall–Kier alpha value is -1.52. The van der Waals surface area contributed by atoms with Gasteiger partial charge in [0.2, 0.25) is 0 Å². The van der Waals surface area contributed by atoms with Crippen LogP contribution in [0.5, 0.6) is 5.75 Å². The number of nitrogens with two attached hydrogens (primary N) is 2. The summed E-state index contributed by atoms with van der Waals surface area (Å²) in [7, 11) is 0. The molecule has 0 saturated heterocycles. The fraction of sp³-hybridized carbons (Fsp3) is 0.550. The van der Waals surface area contributed by atoms with E-state index >= 15 is 0 Å². The van der Waals surface area contributed by atoms with Gasteiger partial charge in [-0.2, -0.15) is 0 Å². The topological polar surface area (TPSA) is 74.2 Å². The van der Waals surface area contributed by atoms with E-state index in [0.717, 1.165) is 42.2 Å². The normalized spacial score (nSPS) is 25.0. The van der Waals surface area contributed by atoms with Crippen molar-refractivity contribution < 1.29 is 4.74 Å². The first kappa shape index (κ1) is 18.3. The van der Waals surface area contributed by atoms with Gasteiger partial charge in [0.05, 0.1) is 11.1 Å². The lowest BCUT2D eigenvalue weighted by Gasteiger charge is -2.43. The van der Waals surface area contributed by atoms with Crippen molar-refractivity contribution >= 4 is 28.2 Å². The van der Waals surface area contributed by atoms with Crippen molar-refractivity contribution in [1.82, 2.24) is 4.98 Å². The molecule has 1 heterocycles. The lowest BCUT2D eigenvalue weighted by atomic mass is 9.66. The zero-order valence-electron chi connectivity index (χ0n) is 15.1. The van der Waals surface area contributed by atoms with Gasteiger partial charge in [-0.3, -0.25) is 0 Å². The number of pyridine rings is 1. The second-order valence-electron chi connectivity index (χ2n) is 7.42. The highest BCUT2D eigenvalue weighted by Crippen LogP contribution is 2.44. The highest BCUT2D eigenvalue weighted by Gasteiger charge is 2.38. The standard InChI is InChI=1S/C20H28ClN3O/c1-3-7-20(13(2)22)8-4-15(5-9-20)25-18-11-14-6-10-24-19(23)16(14)12-17(18)21/h6,10-13,15H,3-5,7-9,22H2,1-2H3,(H2,23,24)/t13-,15-,20-/m1/s1. The van der Waals surface area contributed by atoms with Crippen molar-refractivity contribution in [1.29, 1.82) is 0 Å². The highest BCUT2D eigenvalue weighted by atomic mass is 35.5. The summed E-state index contributed by atoms with van der Waals surface area (Å²) in [5.74, 6) is 1.22. The molecule has 1 saturated carbocycles. The van der Waals surface area contributed by atoms with Crippen LogP contribution in [0.3, 0.4) is 0 Å². The third-order valence-corrected chi connectivity index (χ3v) is 6.08. The number of anilines is 1. The molecule has 0 bridgehead atoms. The Kier molecular flexibility index (Phi) is 5.40. The number of halogens is 1. The number of ether oxygens (including phenoxy) is 1. The summed E-state index contributed by atoms with van der Waals surface area (Å²) in [5, 5.41) is 2.45. The number of hydrogen-bond acceptors (Lipinski definition) is 4. The molecule has 25 heavy (non-hydrogen) atoms. The highest BCUT2D eigenvalue weighted by molar-refractivity contribution is 6.33. The number of rotatable bonds is 5. The summed E-state index contributed by atoms with van der Waals surface area (Å²) in [5.41, 5.74) is 12.5. The second-order valence-corrected chi connectivity index (χ2v) is 7.83. The van der Waals surface area contributed by atoms with Crippen molar-refractivity contribution in [2.45, 2.75) is 64.5 Å². The number of hydrogen-bond donors (Lipinski definition) is 2. The molecular weight excluding hydrogens is 334 g/mol. The molecule has 2 aromatic rings. The lowest BCUT2D eigenvalue weighted by molar-refractivity contribution is 0.0580. The smallest absolute Gasteiger partial charge is 0.138 e. The maximum Gasteiger partial charge on any atom is 0.138 e. The van der Waals surface area contributed by atoms with Crippen LogP contribution in [-0.4, -0.2) is 17.1 Å². The summed E-state index contributed by atoms with van der Waals surface area (Å²) in [4.78, 5) is 4.11. The number of nitrogens with zero attached hydrogens (tertiary/aromatic N) is 1. The van der Waals surface area contributed by atoms with Gasteiger partial charge in [-0.1, -0.05) is 24.9 Å². The molecule has 1 atom stereocenters. The van der Waals surface area contributed by atoms with E-state index in [4.69, 9.17) is 27.8 Å². The number of fused-ring (bicyclic) bond motifs is 1. The van der Waals surface area contributed by atoms with E-state index < -0.39 is 0 Å². The van der Waals surface area contributed by atoms with Crippen LogP contribution in [0.4, 0.5) is 5.82 Å². The summed E-state index contributed by atoms with van der Waals surface area (Å²) in [6, 6.07) is 5.97. The molecule has 0 unspecified atom stereocenters. The van der Waals surface area contributed by atoms with Gasteiger partial charge in [-0.15, -0.1) is 0 Å². The molecule has 3 rings (SSSR count). The molecule has 136 valence electrons. The Morgan fingerprint density at radius 1 is 1.36 bits per heavy atom. The summed E-state index contributed by atoms with van der Waals surface area (Å²) >= 11 is 6.42. The summed E-state index contributed by atoms with van der Waals surface area (Å²) < 4.78 is 6.25. The average molecular weight is 362 g/mol. The second kappa shape index (κ2) is 7.38. The molecule has 1 aliphatic carbocycles. The monoisotopic (exact) mass is 361 g/mol. The molecule has 4 nitrogen and oxygen atoms in total. The SMILES string of the molecule is CCC[C@]1([C@@H](C)N)CC[C@H](Oc2cc3ccnc(N)c3cc2Cl)CC1. The van der Waals surface area contributed by atoms with Crippen LogP contribution in [0.2, 0.25) is 5.02 Å². The Balaban J connectivity index is 1.74. The van der Waals surface area contributed by atoms with Gasteiger partial charge in [0, 0.05) is 17.6 Å². The maximum absolute atomic E-state index is 6.42. The molecule has 1 aliphatic rings. The first-order valence-electron chi connectivity index (χ1n) is 9.21. The van der Waals surface area contributed by atoms with Crippen molar-refractivity contribution in [3.05, 3.63) is 29.4 Å². The molecule has 5 heteroatoms. The number of nitrogen functional groups attached to an aromatic ring is 1. The van der Waals surface area contributed by atoms with Crippen LogP contribution >= 0.6 is 11.6 Å². The third-order valence-electron chi connectivity index (χ3n) is 5.78. The van der Waals surface area contributed by atoms with Crippen LogP contribution in [-0.2, 0) is 0 Å². The van der Waals surface area contributed by atoms with Crippen LogP contribution < -0.4 is 16.2 Å². The van der Waals surface area contributed by atoms with Gasteiger partial charge < -0.3 is 16.2 Å². The van der Waals surface area contributed by atoms with E-state index in [1.54, 1.807) is 6.20 Å². The zero-order valence-corrected chi connectivity index (χ0v) is 15.9. The van der Waals surface area contributed by atoms with Crippen molar-refractivity contribution in [3.8, 4) is 5.75 Å². The fourth-order valence-electron chi connectivity index (χ4n) is 4.18. The van der Waals surface area contributed by atoms with E-state index in [1.165, 1.54) is 12.8 Å². The predicted molar refractivity (Wildman–Crippen MR) is 105 cm³/mol. The van der Waals surface area contributed by atoms with Gasteiger partial charge in [0.1, 0.15) is 11.6 Å². The Bertz CT molecular complexity index is 739. The van der Waals surface area contributed by atoms with Gasteiger partial charge in [-0.25, -0.2) is 4.98 Å².